The number of benzene rings is 1. The molecular formula is C11H13N3O6S. The third kappa shape index (κ3) is 3.34. The van der Waals surface area contributed by atoms with Crippen LogP contribution in [0.25, 0.3) is 0 Å². The molecule has 1 unspecified atom stereocenters. The summed E-state index contributed by atoms with van der Waals surface area (Å²) < 4.78 is 23.0. The predicted molar refractivity (Wildman–Crippen MR) is 73.6 cm³/mol. The maximum atomic E-state index is 11.5. The van der Waals surface area contributed by atoms with Gasteiger partial charge in [0, 0.05) is 17.2 Å². The van der Waals surface area contributed by atoms with Gasteiger partial charge in [0.05, 0.1) is 27.4 Å². The van der Waals surface area contributed by atoms with E-state index >= 15 is 0 Å². The highest BCUT2D eigenvalue weighted by atomic mass is 32.2. The van der Waals surface area contributed by atoms with Crippen LogP contribution in [-0.2, 0) is 16.3 Å². The van der Waals surface area contributed by atoms with E-state index in [0.29, 0.717) is 0 Å². The second-order valence-corrected chi connectivity index (χ2v) is 7.39. The van der Waals surface area contributed by atoms with Gasteiger partial charge in [0.1, 0.15) is 0 Å². The van der Waals surface area contributed by atoms with Crippen LogP contribution in [0, 0.1) is 20.2 Å². The summed E-state index contributed by atoms with van der Waals surface area (Å²) >= 11 is 0. The van der Waals surface area contributed by atoms with Crippen LogP contribution >= 0.6 is 0 Å². The fourth-order valence-corrected chi connectivity index (χ4v) is 4.43. The molecule has 10 heteroatoms. The highest BCUT2D eigenvalue weighted by Crippen LogP contribution is 2.31. The summed E-state index contributed by atoms with van der Waals surface area (Å²) in [7, 11) is -3.23. The van der Waals surface area contributed by atoms with E-state index in [0.717, 1.165) is 12.1 Å². The zero-order valence-electron chi connectivity index (χ0n) is 10.9. The Bertz CT molecular complexity index is 717. The standard InChI is InChI=1S/C11H13N3O6S/c12-11(3-4-21(19,20)7-11)6-8-1-2-9(13(15)16)5-10(8)14(17)18/h1-2,5H,3-4,6-7,12H2. The molecule has 0 aromatic heterocycles. The van der Waals surface area contributed by atoms with Crippen LogP contribution in [0.3, 0.4) is 0 Å². The molecule has 1 fully saturated rings. The van der Waals surface area contributed by atoms with Crippen LogP contribution in [0.15, 0.2) is 18.2 Å². The highest BCUT2D eigenvalue weighted by Gasteiger charge is 2.40. The normalized spacial score (nSPS) is 23.9. The van der Waals surface area contributed by atoms with Crippen molar-refractivity contribution < 1.29 is 18.3 Å². The minimum absolute atomic E-state index is 0.0134. The molecule has 0 radical (unpaired) electrons. The molecule has 0 aliphatic carbocycles. The van der Waals surface area contributed by atoms with Gasteiger partial charge in [-0.3, -0.25) is 20.2 Å². The Hall–Kier alpha value is -2.07. The molecule has 2 rings (SSSR count). The molecule has 0 saturated carbocycles. The number of hydrogen-bond acceptors (Lipinski definition) is 7. The molecular weight excluding hydrogens is 302 g/mol. The lowest BCUT2D eigenvalue weighted by Crippen LogP contribution is -2.43. The number of non-ortho nitro benzene ring substituents is 1. The number of nitro groups is 2. The van der Waals surface area contributed by atoms with Crippen molar-refractivity contribution in [3.8, 4) is 0 Å². The molecule has 21 heavy (non-hydrogen) atoms. The van der Waals surface area contributed by atoms with Crippen molar-refractivity contribution in [1.82, 2.24) is 0 Å². The Labute approximate surface area is 120 Å². The lowest BCUT2D eigenvalue weighted by Gasteiger charge is -2.21. The number of nitrogens with zero attached hydrogens (tertiary/aromatic N) is 2. The van der Waals surface area contributed by atoms with Gasteiger partial charge in [0.15, 0.2) is 9.84 Å². The lowest BCUT2D eigenvalue weighted by molar-refractivity contribution is -0.394. The maximum Gasteiger partial charge on any atom is 0.279 e. The van der Waals surface area contributed by atoms with Crippen LogP contribution in [-0.4, -0.2) is 35.3 Å². The molecule has 114 valence electrons. The van der Waals surface area contributed by atoms with Crippen molar-refractivity contribution in [3.63, 3.8) is 0 Å². The van der Waals surface area contributed by atoms with E-state index in [9.17, 15) is 28.6 Å². The Morgan fingerprint density at radius 2 is 1.90 bits per heavy atom. The minimum atomic E-state index is -3.23. The quantitative estimate of drug-likeness (QED) is 0.630. The van der Waals surface area contributed by atoms with Gasteiger partial charge in [0.2, 0.25) is 0 Å². The van der Waals surface area contributed by atoms with Crippen molar-refractivity contribution in [2.24, 2.45) is 5.73 Å². The van der Waals surface area contributed by atoms with E-state index < -0.39 is 36.6 Å². The number of nitro benzene ring substituents is 2. The summed E-state index contributed by atoms with van der Waals surface area (Å²) in [6.45, 7) is 0. The predicted octanol–water partition coefficient (Wildman–Crippen LogP) is 0.561. The van der Waals surface area contributed by atoms with Gasteiger partial charge in [-0.2, -0.15) is 0 Å². The summed E-state index contributed by atoms with van der Waals surface area (Å²) in [4.78, 5) is 20.2. The van der Waals surface area contributed by atoms with Gasteiger partial charge < -0.3 is 5.73 Å². The molecule has 1 atom stereocenters. The summed E-state index contributed by atoms with van der Waals surface area (Å²) in [5, 5.41) is 21.7. The van der Waals surface area contributed by atoms with Crippen molar-refractivity contribution >= 4 is 21.2 Å². The fourth-order valence-electron chi connectivity index (χ4n) is 2.45. The van der Waals surface area contributed by atoms with Crippen LogP contribution in [0.2, 0.25) is 0 Å². The number of hydrogen-bond donors (Lipinski definition) is 1. The molecule has 0 amide bonds. The van der Waals surface area contributed by atoms with Gasteiger partial charge in [0.25, 0.3) is 11.4 Å². The van der Waals surface area contributed by atoms with Crippen molar-refractivity contribution in [2.75, 3.05) is 11.5 Å². The molecule has 9 nitrogen and oxygen atoms in total. The molecule has 1 aliphatic heterocycles. The van der Waals surface area contributed by atoms with Gasteiger partial charge in [-0.15, -0.1) is 0 Å². The summed E-state index contributed by atoms with van der Waals surface area (Å²) in [6, 6.07) is 3.27. The van der Waals surface area contributed by atoms with E-state index in [1.165, 1.54) is 6.07 Å². The summed E-state index contributed by atoms with van der Waals surface area (Å²) in [5.74, 6) is -0.293. The van der Waals surface area contributed by atoms with Gasteiger partial charge in [-0.1, -0.05) is 0 Å². The van der Waals surface area contributed by atoms with E-state index in [4.69, 9.17) is 5.73 Å². The Balaban J connectivity index is 2.36. The Kier molecular flexibility index (Phi) is 3.68. The molecule has 0 bridgehead atoms. The van der Waals surface area contributed by atoms with Crippen LogP contribution in [0.1, 0.15) is 12.0 Å². The largest absolute Gasteiger partial charge is 0.324 e. The second kappa shape index (κ2) is 5.04. The van der Waals surface area contributed by atoms with Crippen molar-refractivity contribution in [3.05, 3.63) is 44.0 Å². The van der Waals surface area contributed by atoms with Gasteiger partial charge in [-0.25, -0.2) is 8.42 Å². The van der Waals surface area contributed by atoms with Crippen molar-refractivity contribution in [2.45, 2.75) is 18.4 Å². The third-order valence-electron chi connectivity index (χ3n) is 3.44. The first-order valence-corrected chi connectivity index (χ1v) is 7.85. The molecule has 1 aliphatic rings. The summed E-state index contributed by atoms with van der Waals surface area (Å²) in [5.41, 5.74) is 4.32. The van der Waals surface area contributed by atoms with Crippen LogP contribution < -0.4 is 5.73 Å². The van der Waals surface area contributed by atoms with Gasteiger partial charge >= 0.3 is 0 Å². The lowest BCUT2D eigenvalue weighted by atomic mass is 9.90. The van der Waals surface area contributed by atoms with E-state index in [1.807, 2.05) is 0 Å². The minimum Gasteiger partial charge on any atom is -0.324 e. The summed E-state index contributed by atoms with van der Waals surface area (Å²) in [6.07, 6.45) is 0.198. The highest BCUT2D eigenvalue weighted by molar-refractivity contribution is 7.91. The first-order chi connectivity index (χ1) is 9.62. The number of rotatable bonds is 4. The molecule has 2 N–H and O–H groups in total. The van der Waals surface area contributed by atoms with E-state index in [2.05, 4.69) is 0 Å². The molecule has 1 aromatic rings. The fraction of sp³-hybridized carbons (Fsp3) is 0.455. The smallest absolute Gasteiger partial charge is 0.279 e. The second-order valence-electron chi connectivity index (χ2n) is 5.21. The number of sulfone groups is 1. The first kappa shape index (κ1) is 15.3. The SMILES string of the molecule is NC1(Cc2ccc([N+](=O)[O-])cc2[N+](=O)[O-])CCS(=O)(=O)C1. The Morgan fingerprint density at radius 1 is 1.24 bits per heavy atom. The molecule has 1 heterocycles. The Morgan fingerprint density at radius 3 is 2.38 bits per heavy atom. The molecule has 1 saturated heterocycles. The van der Waals surface area contributed by atoms with Crippen molar-refractivity contribution in [1.29, 1.82) is 0 Å². The van der Waals surface area contributed by atoms with Gasteiger partial charge in [-0.05, 0) is 18.9 Å². The first-order valence-electron chi connectivity index (χ1n) is 6.03. The average Bonchev–Trinajstić information content (AvgIpc) is 2.63. The zero-order chi connectivity index (χ0) is 15.8. The van der Waals surface area contributed by atoms with E-state index in [1.54, 1.807) is 0 Å². The van der Waals surface area contributed by atoms with Crippen LogP contribution in [0.4, 0.5) is 11.4 Å². The zero-order valence-corrected chi connectivity index (χ0v) is 11.7. The monoisotopic (exact) mass is 315 g/mol. The molecule has 1 aromatic carbocycles. The average molecular weight is 315 g/mol. The van der Waals surface area contributed by atoms with E-state index in [-0.39, 0.29) is 29.9 Å². The maximum absolute atomic E-state index is 11.5. The topological polar surface area (TPSA) is 146 Å². The van der Waals surface area contributed by atoms with Crippen LogP contribution in [0.5, 0.6) is 0 Å². The third-order valence-corrected chi connectivity index (χ3v) is 5.28. The molecule has 0 spiro atoms. The number of nitrogens with two attached hydrogens (primary N) is 1.